The molecule has 200 valence electrons. The minimum absolute atomic E-state index is 0.0291. The highest BCUT2D eigenvalue weighted by molar-refractivity contribution is 5.96. The number of Topliss-reactive ketones (excluding diaryl/α,β-unsaturated/α-hetero) is 1. The summed E-state index contributed by atoms with van der Waals surface area (Å²) >= 11 is 0. The number of carbonyl (C=O) groups excluding carboxylic acids is 3. The van der Waals surface area contributed by atoms with Crippen molar-refractivity contribution < 1.29 is 23.9 Å². The molecular formula is C35H30O5. The van der Waals surface area contributed by atoms with Crippen LogP contribution in [0.3, 0.4) is 0 Å². The summed E-state index contributed by atoms with van der Waals surface area (Å²) in [4.78, 5) is 35.9. The number of hydrogen-bond acceptors (Lipinski definition) is 5. The molecule has 0 bridgehead atoms. The summed E-state index contributed by atoms with van der Waals surface area (Å²) in [6, 6.07) is 26.7. The van der Waals surface area contributed by atoms with Crippen molar-refractivity contribution >= 4 is 34.6 Å². The zero-order chi connectivity index (χ0) is 28.6. The topological polar surface area (TPSA) is 69.7 Å². The summed E-state index contributed by atoms with van der Waals surface area (Å²) in [6.07, 6.45) is 3.44. The Balaban J connectivity index is 1.33. The van der Waals surface area contributed by atoms with Gasteiger partial charge >= 0.3 is 11.9 Å². The predicted octanol–water partition coefficient (Wildman–Crippen LogP) is 7.43. The Kier molecular flexibility index (Phi) is 8.87. The van der Waals surface area contributed by atoms with Crippen LogP contribution in [-0.2, 0) is 32.1 Å². The third-order valence-electron chi connectivity index (χ3n) is 6.26. The average Bonchev–Trinajstić information content (AvgIpc) is 2.95. The Morgan fingerprint density at radius 3 is 1.98 bits per heavy atom. The first kappa shape index (κ1) is 28.0. The van der Waals surface area contributed by atoms with Crippen LogP contribution in [-0.4, -0.2) is 17.7 Å². The van der Waals surface area contributed by atoms with Gasteiger partial charge in [-0.05, 0) is 82.3 Å². The molecule has 4 rings (SSSR count). The molecule has 0 aliphatic rings. The summed E-state index contributed by atoms with van der Waals surface area (Å²) in [7, 11) is 0. The molecule has 0 spiro atoms. The Hall–Kier alpha value is -5.03. The first-order valence-corrected chi connectivity index (χ1v) is 12.8. The van der Waals surface area contributed by atoms with Gasteiger partial charge in [-0.25, -0.2) is 9.59 Å². The van der Waals surface area contributed by atoms with Gasteiger partial charge in [0.15, 0.2) is 5.78 Å². The van der Waals surface area contributed by atoms with Crippen molar-refractivity contribution in [1.29, 1.82) is 0 Å². The van der Waals surface area contributed by atoms with E-state index in [0.717, 1.165) is 38.6 Å². The normalized spacial score (nSPS) is 10.8. The molecule has 0 N–H and O–H groups in total. The summed E-state index contributed by atoms with van der Waals surface area (Å²) < 4.78 is 10.6. The van der Waals surface area contributed by atoms with E-state index in [1.807, 2.05) is 72.8 Å². The van der Waals surface area contributed by atoms with Crippen molar-refractivity contribution in [3.05, 3.63) is 132 Å². The van der Waals surface area contributed by atoms with Crippen molar-refractivity contribution in [2.24, 2.45) is 0 Å². The molecule has 5 heteroatoms. The third-order valence-corrected chi connectivity index (χ3v) is 6.26. The Morgan fingerprint density at radius 2 is 1.32 bits per heavy atom. The molecule has 0 saturated carbocycles. The van der Waals surface area contributed by atoms with E-state index in [0.29, 0.717) is 23.3 Å². The van der Waals surface area contributed by atoms with E-state index < -0.39 is 11.9 Å². The van der Waals surface area contributed by atoms with Crippen LogP contribution in [0.1, 0.15) is 30.5 Å². The second-order valence-electron chi connectivity index (χ2n) is 9.65. The quantitative estimate of drug-likeness (QED) is 0.121. The van der Waals surface area contributed by atoms with Gasteiger partial charge in [0.1, 0.15) is 12.4 Å². The van der Waals surface area contributed by atoms with Crippen LogP contribution in [0, 0.1) is 0 Å². The standard InChI is InChI=1S/C35H30O5/c1-23(2)33(36)21-27-8-13-30-19-25(5-12-31(30)20-27)9-18-34(37)40-32-16-14-29(15-17-32)28-10-6-26(7-11-28)22-39-35(38)24(3)4/h5-20H,1,3,21-22H2,2,4H3/b18-9+. The molecule has 5 nitrogen and oxygen atoms in total. The highest BCUT2D eigenvalue weighted by atomic mass is 16.5. The highest BCUT2D eigenvalue weighted by Gasteiger charge is 2.07. The van der Waals surface area contributed by atoms with Crippen LogP contribution < -0.4 is 4.74 Å². The molecule has 4 aromatic rings. The van der Waals surface area contributed by atoms with Gasteiger partial charge in [0.05, 0.1) is 0 Å². The minimum Gasteiger partial charge on any atom is -0.457 e. The molecule has 0 aliphatic carbocycles. The maximum absolute atomic E-state index is 12.4. The number of esters is 2. The van der Waals surface area contributed by atoms with E-state index in [2.05, 4.69) is 13.2 Å². The van der Waals surface area contributed by atoms with Gasteiger partial charge < -0.3 is 9.47 Å². The van der Waals surface area contributed by atoms with Gasteiger partial charge in [0.2, 0.25) is 0 Å². The molecule has 0 amide bonds. The molecule has 0 atom stereocenters. The molecule has 4 aromatic carbocycles. The van der Waals surface area contributed by atoms with E-state index >= 15 is 0 Å². The van der Waals surface area contributed by atoms with Gasteiger partial charge in [0, 0.05) is 18.1 Å². The number of carbonyl (C=O) groups is 3. The molecule has 0 saturated heterocycles. The number of hydrogen-bond donors (Lipinski definition) is 0. The zero-order valence-electron chi connectivity index (χ0n) is 22.6. The number of fused-ring (bicyclic) bond motifs is 1. The fraction of sp³-hybridized carbons (Fsp3) is 0.114. The van der Waals surface area contributed by atoms with Crippen molar-refractivity contribution in [2.75, 3.05) is 0 Å². The maximum Gasteiger partial charge on any atom is 0.336 e. The van der Waals surface area contributed by atoms with Crippen molar-refractivity contribution in [3.8, 4) is 16.9 Å². The number of benzene rings is 4. The van der Waals surface area contributed by atoms with Crippen LogP contribution in [0.4, 0.5) is 0 Å². The van der Waals surface area contributed by atoms with E-state index in [1.165, 1.54) is 6.08 Å². The highest BCUT2D eigenvalue weighted by Crippen LogP contribution is 2.24. The van der Waals surface area contributed by atoms with E-state index in [-0.39, 0.29) is 12.4 Å². The van der Waals surface area contributed by atoms with E-state index in [1.54, 1.807) is 32.1 Å². The van der Waals surface area contributed by atoms with Gasteiger partial charge in [-0.15, -0.1) is 0 Å². The fourth-order valence-electron chi connectivity index (χ4n) is 3.96. The van der Waals surface area contributed by atoms with E-state index in [4.69, 9.17) is 9.47 Å². The first-order valence-electron chi connectivity index (χ1n) is 12.8. The van der Waals surface area contributed by atoms with Gasteiger partial charge in [-0.1, -0.05) is 79.9 Å². The first-order chi connectivity index (χ1) is 19.2. The van der Waals surface area contributed by atoms with Gasteiger partial charge in [0.25, 0.3) is 0 Å². The molecule has 0 heterocycles. The predicted molar refractivity (Wildman–Crippen MR) is 159 cm³/mol. The maximum atomic E-state index is 12.4. The van der Waals surface area contributed by atoms with Gasteiger partial charge in [-0.3, -0.25) is 4.79 Å². The van der Waals surface area contributed by atoms with E-state index in [9.17, 15) is 14.4 Å². The lowest BCUT2D eigenvalue weighted by atomic mass is 10.00. The SMILES string of the molecule is C=C(C)C(=O)Cc1ccc2cc(/C=C/C(=O)Oc3ccc(-c4ccc(COC(=O)C(=C)C)cc4)cc3)ccc2c1. The number of ketones is 1. The Labute approximate surface area is 234 Å². The third kappa shape index (κ3) is 7.51. The molecule has 0 aromatic heterocycles. The number of allylic oxidation sites excluding steroid dienone is 1. The van der Waals surface area contributed by atoms with Crippen LogP contribution in [0.25, 0.3) is 28.0 Å². The summed E-state index contributed by atoms with van der Waals surface area (Å²) in [6.45, 7) is 10.8. The monoisotopic (exact) mass is 530 g/mol. The van der Waals surface area contributed by atoms with Crippen LogP contribution in [0.2, 0.25) is 0 Å². The molecule has 0 unspecified atom stereocenters. The van der Waals surface area contributed by atoms with Crippen LogP contribution >= 0.6 is 0 Å². The van der Waals surface area contributed by atoms with Crippen molar-refractivity contribution in [1.82, 2.24) is 0 Å². The van der Waals surface area contributed by atoms with Crippen LogP contribution in [0.5, 0.6) is 5.75 Å². The lowest BCUT2D eigenvalue weighted by Gasteiger charge is -2.07. The lowest BCUT2D eigenvalue weighted by molar-refractivity contribution is -0.140. The second kappa shape index (κ2) is 12.7. The van der Waals surface area contributed by atoms with Crippen LogP contribution in [0.15, 0.2) is 115 Å². The largest absolute Gasteiger partial charge is 0.457 e. The Bertz CT molecular complexity index is 1620. The van der Waals surface area contributed by atoms with Crippen molar-refractivity contribution in [3.63, 3.8) is 0 Å². The van der Waals surface area contributed by atoms with Crippen molar-refractivity contribution in [2.45, 2.75) is 26.9 Å². The fourth-order valence-corrected chi connectivity index (χ4v) is 3.96. The lowest BCUT2D eigenvalue weighted by Crippen LogP contribution is -2.04. The number of rotatable bonds is 10. The molecule has 0 fully saturated rings. The minimum atomic E-state index is -0.477. The second-order valence-corrected chi connectivity index (χ2v) is 9.65. The smallest absolute Gasteiger partial charge is 0.336 e. The summed E-state index contributed by atoms with van der Waals surface area (Å²) in [5, 5.41) is 2.03. The average molecular weight is 531 g/mol. The number of ether oxygens (including phenoxy) is 2. The molecular weight excluding hydrogens is 500 g/mol. The molecule has 0 radical (unpaired) electrons. The zero-order valence-corrected chi connectivity index (χ0v) is 22.6. The molecule has 0 aliphatic heterocycles. The summed E-state index contributed by atoms with van der Waals surface area (Å²) in [5.41, 5.74) is 5.55. The molecule has 40 heavy (non-hydrogen) atoms. The summed E-state index contributed by atoms with van der Waals surface area (Å²) in [5.74, 6) is -0.418. The Morgan fingerprint density at radius 1 is 0.725 bits per heavy atom. The van der Waals surface area contributed by atoms with Gasteiger partial charge in [-0.2, -0.15) is 0 Å².